The van der Waals surface area contributed by atoms with E-state index < -0.39 is 0 Å². The molecule has 0 spiro atoms. The number of amides is 1. The number of thioether (sulfide) groups is 1. The largest absolute Gasteiger partial charge is 0.355 e. The highest BCUT2D eigenvalue weighted by Gasteiger charge is 2.28. The molecule has 7 heteroatoms. The average Bonchev–Trinajstić information content (AvgIpc) is 3.33. The third-order valence-corrected chi connectivity index (χ3v) is 8.13. The molecule has 2 aliphatic rings. The molecule has 0 saturated heterocycles. The monoisotopic (exact) mass is 419 g/mol. The fourth-order valence-corrected chi connectivity index (χ4v) is 6.68. The van der Waals surface area contributed by atoms with E-state index in [0.29, 0.717) is 6.54 Å². The molecule has 0 aliphatic heterocycles. The van der Waals surface area contributed by atoms with E-state index in [1.807, 2.05) is 18.4 Å². The summed E-state index contributed by atoms with van der Waals surface area (Å²) in [5.74, 6) is 0.0182. The van der Waals surface area contributed by atoms with E-state index in [0.717, 1.165) is 66.7 Å². The Morgan fingerprint density at radius 2 is 2.04 bits per heavy atom. The van der Waals surface area contributed by atoms with Gasteiger partial charge in [0.1, 0.15) is 4.83 Å². The van der Waals surface area contributed by atoms with E-state index in [2.05, 4.69) is 5.32 Å². The number of thiophene rings is 1. The maximum Gasteiger partial charge on any atom is 0.263 e. The zero-order chi connectivity index (χ0) is 19.7. The van der Waals surface area contributed by atoms with Gasteiger partial charge >= 0.3 is 0 Å². The molecule has 0 aromatic carbocycles. The fourth-order valence-electron chi connectivity index (χ4n) is 4.37. The molecule has 1 atom stereocenters. The third kappa shape index (κ3) is 3.75. The van der Waals surface area contributed by atoms with E-state index in [9.17, 15) is 9.59 Å². The van der Waals surface area contributed by atoms with Crippen LogP contribution < -0.4 is 10.9 Å². The Morgan fingerprint density at radius 1 is 1.29 bits per heavy atom. The lowest BCUT2D eigenvalue weighted by molar-refractivity contribution is -0.120. The van der Waals surface area contributed by atoms with Crippen molar-refractivity contribution in [3.63, 3.8) is 0 Å². The summed E-state index contributed by atoms with van der Waals surface area (Å²) in [7, 11) is 0. The Bertz CT molecular complexity index is 928. The van der Waals surface area contributed by atoms with Crippen molar-refractivity contribution < 1.29 is 4.79 Å². The molecule has 2 aromatic heterocycles. The second kappa shape index (κ2) is 8.57. The molecular formula is C21H29N3O2S2. The fraction of sp³-hybridized carbons (Fsp3) is 0.667. The Labute approximate surface area is 174 Å². The van der Waals surface area contributed by atoms with Gasteiger partial charge in [0.15, 0.2) is 5.16 Å². The summed E-state index contributed by atoms with van der Waals surface area (Å²) in [5, 5.41) is 4.28. The highest BCUT2D eigenvalue weighted by molar-refractivity contribution is 8.00. The van der Waals surface area contributed by atoms with Crippen LogP contribution in [0.3, 0.4) is 0 Å². The normalized spacial score (nSPS) is 18.4. The topological polar surface area (TPSA) is 64.0 Å². The number of aryl methyl sites for hydroxylation is 2. The standard InChI is InChI=1S/C21H29N3O2S2/c1-3-12-22-18(25)13(2)27-21-23-19-17(15-10-6-7-11-16(15)28-19)20(26)24(21)14-8-4-5-9-14/h13-14H,3-12H2,1-2H3,(H,22,25)/t13-/m0/s1. The first-order valence-electron chi connectivity index (χ1n) is 10.6. The summed E-state index contributed by atoms with van der Waals surface area (Å²) in [6, 6.07) is 0.219. The maximum atomic E-state index is 13.6. The van der Waals surface area contributed by atoms with Crippen LogP contribution >= 0.6 is 23.1 Å². The van der Waals surface area contributed by atoms with Crippen molar-refractivity contribution in [2.24, 2.45) is 0 Å². The first kappa shape index (κ1) is 20.0. The van der Waals surface area contributed by atoms with Crippen LogP contribution in [-0.4, -0.2) is 27.3 Å². The van der Waals surface area contributed by atoms with Gasteiger partial charge in [0.05, 0.1) is 10.6 Å². The minimum absolute atomic E-state index is 0.0182. The van der Waals surface area contributed by atoms with E-state index in [4.69, 9.17) is 4.98 Å². The van der Waals surface area contributed by atoms with Gasteiger partial charge in [-0.2, -0.15) is 0 Å². The number of nitrogens with one attached hydrogen (secondary N) is 1. The molecule has 2 heterocycles. The number of hydrogen-bond acceptors (Lipinski definition) is 5. The second-order valence-electron chi connectivity index (χ2n) is 7.95. The quantitative estimate of drug-likeness (QED) is 0.555. The highest BCUT2D eigenvalue weighted by Crippen LogP contribution is 2.38. The predicted octanol–water partition coefficient (Wildman–Crippen LogP) is 4.46. The first-order chi connectivity index (χ1) is 13.6. The summed E-state index contributed by atoms with van der Waals surface area (Å²) in [5.41, 5.74) is 1.38. The molecule has 1 N–H and O–H groups in total. The molecule has 5 nitrogen and oxygen atoms in total. The van der Waals surface area contributed by atoms with Crippen LogP contribution in [0.25, 0.3) is 10.2 Å². The van der Waals surface area contributed by atoms with Crippen LogP contribution in [-0.2, 0) is 17.6 Å². The Morgan fingerprint density at radius 3 is 2.79 bits per heavy atom. The van der Waals surface area contributed by atoms with Crippen molar-refractivity contribution in [3.8, 4) is 0 Å². The number of nitrogens with zero attached hydrogens (tertiary/aromatic N) is 2. The molecule has 2 aromatic rings. The Balaban J connectivity index is 1.76. The first-order valence-corrected chi connectivity index (χ1v) is 12.3. The number of fused-ring (bicyclic) bond motifs is 3. The molecule has 0 unspecified atom stereocenters. The Kier molecular flexibility index (Phi) is 6.11. The summed E-state index contributed by atoms with van der Waals surface area (Å²) < 4.78 is 1.94. The van der Waals surface area contributed by atoms with E-state index >= 15 is 0 Å². The predicted molar refractivity (Wildman–Crippen MR) is 117 cm³/mol. The van der Waals surface area contributed by atoms with Gasteiger partial charge in [0, 0.05) is 17.5 Å². The van der Waals surface area contributed by atoms with Crippen molar-refractivity contribution in [1.29, 1.82) is 0 Å². The molecule has 1 saturated carbocycles. The molecular weight excluding hydrogens is 390 g/mol. The zero-order valence-electron chi connectivity index (χ0n) is 16.8. The minimum atomic E-state index is -0.266. The molecule has 1 amide bonds. The van der Waals surface area contributed by atoms with Crippen LogP contribution in [0.5, 0.6) is 0 Å². The summed E-state index contributed by atoms with van der Waals surface area (Å²) in [6.07, 6.45) is 9.73. The maximum absolute atomic E-state index is 13.6. The molecule has 152 valence electrons. The number of carbonyl (C=O) groups excluding carboxylic acids is 1. The summed E-state index contributed by atoms with van der Waals surface area (Å²) in [4.78, 5) is 33.2. The van der Waals surface area contributed by atoms with Crippen LogP contribution in [0.2, 0.25) is 0 Å². The SMILES string of the molecule is CCCNC(=O)[C@H](C)Sc1nc2sc3c(c2c(=O)n1C1CCCC1)CCCC3. The summed E-state index contributed by atoms with van der Waals surface area (Å²) >= 11 is 3.13. The minimum Gasteiger partial charge on any atom is -0.355 e. The van der Waals surface area contributed by atoms with Crippen molar-refractivity contribution in [3.05, 3.63) is 20.8 Å². The van der Waals surface area contributed by atoms with Gasteiger partial charge in [-0.3, -0.25) is 14.2 Å². The number of hydrogen-bond donors (Lipinski definition) is 1. The van der Waals surface area contributed by atoms with Crippen molar-refractivity contribution in [1.82, 2.24) is 14.9 Å². The van der Waals surface area contributed by atoms with Crippen molar-refractivity contribution in [2.75, 3.05) is 6.54 Å². The van der Waals surface area contributed by atoms with Crippen molar-refractivity contribution >= 4 is 39.2 Å². The van der Waals surface area contributed by atoms with E-state index in [-0.39, 0.29) is 22.8 Å². The van der Waals surface area contributed by atoms with Gasteiger partial charge in [0.2, 0.25) is 5.91 Å². The Hall–Kier alpha value is -1.34. The van der Waals surface area contributed by atoms with Gasteiger partial charge < -0.3 is 5.32 Å². The van der Waals surface area contributed by atoms with Crippen LogP contribution in [0.1, 0.15) is 75.3 Å². The van der Waals surface area contributed by atoms with Gasteiger partial charge in [-0.1, -0.05) is 31.5 Å². The third-order valence-electron chi connectivity index (χ3n) is 5.88. The van der Waals surface area contributed by atoms with Crippen LogP contribution in [0.15, 0.2) is 9.95 Å². The molecule has 2 aliphatic carbocycles. The van der Waals surface area contributed by atoms with Crippen molar-refractivity contribution in [2.45, 2.75) is 88.1 Å². The van der Waals surface area contributed by atoms with Crippen LogP contribution in [0.4, 0.5) is 0 Å². The van der Waals surface area contributed by atoms with Gasteiger partial charge in [-0.25, -0.2) is 4.98 Å². The molecule has 1 fully saturated rings. The summed E-state index contributed by atoms with van der Waals surface area (Å²) in [6.45, 7) is 4.64. The average molecular weight is 420 g/mol. The number of carbonyl (C=O) groups is 1. The smallest absolute Gasteiger partial charge is 0.263 e. The highest BCUT2D eigenvalue weighted by atomic mass is 32.2. The molecule has 0 bridgehead atoms. The van der Waals surface area contributed by atoms with Crippen LogP contribution in [0, 0.1) is 0 Å². The molecule has 0 radical (unpaired) electrons. The lowest BCUT2D eigenvalue weighted by atomic mass is 9.97. The lowest BCUT2D eigenvalue weighted by Gasteiger charge is -2.20. The van der Waals surface area contributed by atoms with Gasteiger partial charge in [-0.05, 0) is 57.4 Å². The zero-order valence-corrected chi connectivity index (χ0v) is 18.4. The second-order valence-corrected chi connectivity index (χ2v) is 10.3. The molecule has 4 rings (SSSR count). The van der Waals surface area contributed by atoms with E-state index in [1.165, 1.54) is 28.6 Å². The lowest BCUT2D eigenvalue weighted by Crippen LogP contribution is -2.33. The van der Waals surface area contributed by atoms with E-state index in [1.54, 1.807) is 11.3 Å². The molecule has 28 heavy (non-hydrogen) atoms. The number of aromatic nitrogens is 2. The van der Waals surface area contributed by atoms with Gasteiger partial charge in [0.25, 0.3) is 5.56 Å². The number of rotatable bonds is 6. The van der Waals surface area contributed by atoms with Gasteiger partial charge in [-0.15, -0.1) is 11.3 Å².